The van der Waals surface area contributed by atoms with Gasteiger partial charge in [0.15, 0.2) is 0 Å². The predicted octanol–water partition coefficient (Wildman–Crippen LogP) is 1.12. The fraction of sp³-hybridized carbons (Fsp3) is 0.571. The summed E-state index contributed by atoms with van der Waals surface area (Å²) in [7, 11) is -2.41. The number of rotatable bonds is 5. The number of hydrogen-bond acceptors (Lipinski definition) is 7. The summed E-state index contributed by atoms with van der Waals surface area (Å²) >= 11 is 2.47. The molecule has 0 bridgehead atoms. The minimum atomic E-state index is -3.66. The van der Waals surface area contributed by atoms with Crippen molar-refractivity contribution in [1.82, 2.24) is 9.21 Å². The van der Waals surface area contributed by atoms with Gasteiger partial charge in [-0.1, -0.05) is 0 Å². The second-order valence-corrected chi connectivity index (χ2v) is 9.51. The maximum atomic E-state index is 12.7. The second kappa shape index (κ2) is 7.85. The molecule has 1 saturated heterocycles. The summed E-state index contributed by atoms with van der Waals surface area (Å²) in [6.07, 6.45) is 1.87. The molecule has 134 valence electrons. The zero-order chi connectivity index (χ0) is 17.9. The Morgan fingerprint density at radius 1 is 1.29 bits per heavy atom. The number of nitrogens with zero attached hydrogens (tertiary/aromatic N) is 2. The summed E-state index contributed by atoms with van der Waals surface area (Å²) in [6.45, 7) is 3.09. The molecule has 1 aromatic rings. The zero-order valence-electron chi connectivity index (χ0n) is 13.7. The topological polar surface area (TPSA) is 84.0 Å². The van der Waals surface area contributed by atoms with Gasteiger partial charge >= 0.3 is 5.97 Å². The van der Waals surface area contributed by atoms with Crippen molar-refractivity contribution >= 4 is 45.0 Å². The van der Waals surface area contributed by atoms with Gasteiger partial charge in [0.2, 0.25) is 5.91 Å². The lowest BCUT2D eigenvalue weighted by Crippen LogP contribution is -2.52. The van der Waals surface area contributed by atoms with E-state index in [9.17, 15) is 18.0 Å². The van der Waals surface area contributed by atoms with Gasteiger partial charge in [-0.2, -0.15) is 16.1 Å². The maximum absolute atomic E-state index is 12.7. The fourth-order valence-electron chi connectivity index (χ4n) is 2.31. The average molecular weight is 393 g/mol. The van der Waals surface area contributed by atoms with E-state index in [-0.39, 0.29) is 34.0 Å². The molecular weight excluding hydrogens is 372 g/mol. The van der Waals surface area contributed by atoms with Crippen LogP contribution in [-0.4, -0.2) is 74.3 Å². The Morgan fingerprint density at radius 3 is 2.46 bits per heavy atom. The number of thiophene rings is 1. The maximum Gasteiger partial charge on any atom is 0.338 e. The summed E-state index contributed by atoms with van der Waals surface area (Å²) in [5.74, 6) is -0.530. The number of piperazine rings is 1. The Morgan fingerprint density at radius 2 is 1.92 bits per heavy atom. The third-order valence-electron chi connectivity index (χ3n) is 3.84. The highest BCUT2D eigenvalue weighted by molar-refractivity contribution is 7.99. The van der Waals surface area contributed by atoms with Gasteiger partial charge in [0, 0.05) is 31.6 Å². The van der Waals surface area contributed by atoms with Crippen LogP contribution in [0.4, 0.5) is 0 Å². The first kappa shape index (κ1) is 19.2. The molecule has 0 radical (unpaired) electrons. The molecule has 1 aromatic heterocycles. The first-order valence-electron chi connectivity index (χ1n) is 7.29. The van der Waals surface area contributed by atoms with Crippen molar-refractivity contribution in [2.24, 2.45) is 0 Å². The monoisotopic (exact) mass is 392 g/mol. The number of amides is 1. The second-order valence-electron chi connectivity index (χ2n) is 5.25. The molecule has 0 aliphatic carbocycles. The van der Waals surface area contributed by atoms with Crippen molar-refractivity contribution in [3.05, 3.63) is 17.0 Å². The number of esters is 1. The van der Waals surface area contributed by atoms with Crippen LogP contribution >= 0.6 is 23.1 Å². The summed E-state index contributed by atoms with van der Waals surface area (Å²) < 4.78 is 31.4. The van der Waals surface area contributed by atoms with E-state index in [1.807, 2.05) is 13.2 Å². The molecule has 1 aliphatic heterocycles. The molecular formula is C14H20N2O5S3. The number of carbonyl (C=O) groups excluding carboxylic acids is 2. The van der Waals surface area contributed by atoms with Crippen molar-refractivity contribution in [3.8, 4) is 0 Å². The summed E-state index contributed by atoms with van der Waals surface area (Å²) in [4.78, 5) is 25.3. The molecule has 1 aliphatic rings. The summed E-state index contributed by atoms with van der Waals surface area (Å²) in [6, 6.07) is 1.33. The number of sulfonamides is 1. The van der Waals surface area contributed by atoms with Crippen LogP contribution < -0.4 is 0 Å². The third kappa shape index (κ3) is 3.93. The van der Waals surface area contributed by atoms with E-state index in [1.165, 1.54) is 34.6 Å². The van der Waals surface area contributed by atoms with Crippen molar-refractivity contribution in [2.75, 3.05) is 39.5 Å². The van der Waals surface area contributed by atoms with Gasteiger partial charge in [-0.25, -0.2) is 13.2 Å². The number of hydrogen-bond donors (Lipinski definition) is 0. The number of ether oxygens (including phenoxy) is 1. The van der Waals surface area contributed by atoms with Crippen molar-refractivity contribution < 1.29 is 22.7 Å². The zero-order valence-corrected chi connectivity index (χ0v) is 16.2. The Balaban J connectivity index is 2.06. The van der Waals surface area contributed by atoms with E-state index >= 15 is 0 Å². The van der Waals surface area contributed by atoms with E-state index in [0.29, 0.717) is 13.1 Å². The molecule has 0 N–H and O–H groups in total. The molecule has 1 amide bonds. The fourth-order valence-corrected chi connectivity index (χ4v) is 5.39. The Hall–Kier alpha value is -1.10. The van der Waals surface area contributed by atoms with Gasteiger partial charge in [-0.15, -0.1) is 11.3 Å². The van der Waals surface area contributed by atoms with Crippen LogP contribution in [0, 0.1) is 0 Å². The lowest BCUT2D eigenvalue weighted by Gasteiger charge is -2.34. The van der Waals surface area contributed by atoms with Crippen LogP contribution in [0.5, 0.6) is 0 Å². The molecule has 2 heterocycles. The Kier molecular flexibility index (Phi) is 6.29. The van der Waals surface area contributed by atoms with Gasteiger partial charge in [-0.3, -0.25) is 4.79 Å². The number of methoxy groups -OCH3 is 1. The van der Waals surface area contributed by atoms with E-state index in [1.54, 1.807) is 4.90 Å². The van der Waals surface area contributed by atoms with Crippen LogP contribution in [0.3, 0.4) is 0 Å². The van der Waals surface area contributed by atoms with Gasteiger partial charge in [0.25, 0.3) is 10.0 Å². The molecule has 24 heavy (non-hydrogen) atoms. The first-order valence-corrected chi connectivity index (χ1v) is 10.9. The number of thioether (sulfide) groups is 1. The van der Waals surface area contributed by atoms with E-state index in [4.69, 9.17) is 0 Å². The van der Waals surface area contributed by atoms with Crippen LogP contribution in [0.25, 0.3) is 0 Å². The highest BCUT2D eigenvalue weighted by Crippen LogP contribution is 2.25. The highest BCUT2D eigenvalue weighted by atomic mass is 32.2. The Labute approximate surface area is 150 Å². The minimum Gasteiger partial charge on any atom is -0.465 e. The smallest absolute Gasteiger partial charge is 0.338 e. The summed E-state index contributed by atoms with van der Waals surface area (Å²) in [5.41, 5.74) is 0.226. The minimum absolute atomic E-state index is 0.0312. The van der Waals surface area contributed by atoms with Gasteiger partial charge in [-0.05, 0) is 19.2 Å². The largest absolute Gasteiger partial charge is 0.465 e. The molecule has 7 nitrogen and oxygen atoms in total. The van der Waals surface area contributed by atoms with Crippen LogP contribution in [0.1, 0.15) is 17.3 Å². The lowest BCUT2D eigenvalue weighted by atomic mass is 10.3. The average Bonchev–Trinajstić information content (AvgIpc) is 3.10. The van der Waals surface area contributed by atoms with Crippen LogP contribution in [-0.2, 0) is 19.6 Å². The molecule has 0 aromatic carbocycles. The molecule has 1 unspecified atom stereocenters. The van der Waals surface area contributed by atoms with Gasteiger partial charge < -0.3 is 9.64 Å². The highest BCUT2D eigenvalue weighted by Gasteiger charge is 2.32. The van der Waals surface area contributed by atoms with E-state index in [2.05, 4.69) is 4.74 Å². The molecule has 2 rings (SSSR count). The Bertz CT molecular complexity index is 708. The summed E-state index contributed by atoms with van der Waals surface area (Å²) in [5, 5.41) is 1.34. The molecule has 1 atom stereocenters. The number of carbonyl (C=O) groups is 2. The van der Waals surface area contributed by atoms with Gasteiger partial charge in [0.05, 0.1) is 17.9 Å². The van der Waals surface area contributed by atoms with Crippen LogP contribution in [0.15, 0.2) is 15.7 Å². The standard InChI is InChI=1S/C14H20N2O5S3/c1-10(22-3)13(17)15-4-6-16(7-5-15)24(19,20)12-8-11(9-23-12)14(18)21-2/h8-10H,4-7H2,1-3H3. The predicted molar refractivity (Wildman–Crippen MR) is 94.0 cm³/mol. The molecule has 0 saturated carbocycles. The van der Waals surface area contributed by atoms with Crippen molar-refractivity contribution in [3.63, 3.8) is 0 Å². The van der Waals surface area contributed by atoms with Crippen LogP contribution in [0.2, 0.25) is 0 Å². The van der Waals surface area contributed by atoms with E-state index < -0.39 is 16.0 Å². The lowest BCUT2D eigenvalue weighted by molar-refractivity contribution is -0.131. The van der Waals surface area contributed by atoms with Crippen molar-refractivity contribution in [1.29, 1.82) is 0 Å². The SMILES string of the molecule is COC(=O)c1csc(S(=O)(=O)N2CCN(C(=O)C(C)SC)CC2)c1. The molecule has 0 spiro atoms. The molecule has 10 heteroatoms. The normalized spacial score (nSPS) is 17.5. The third-order valence-corrected chi connectivity index (χ3v) is 8.06. The van der Waals surface area contributed by atoms with Crippen molar-refractivity contribution in [2.45, 2.75) is 16.4 Å². The quantitative estimate of drug-likeness (QED) is 0.698. The van der Waals surface area contributed by atoms with E-state index in [0.717, 1.165) is 11.3 Å². The van der Waals surface area contributed by atoms with Gasteiger partial charge in [0.1, 0.15) is 4.21 Å². The first-order chi connectivity index (χ1) is 11.3. The molecule has 1 fully saturated rings.